The molecule has 76 valence electrons. The van der Waals surface area contributed by atoms with E-state index in [4.69, 9.17) is 4.74 Å². The van der Waals surface area contributed by atoms with E-state index in [-0.39, 0.29) is 0 Å². The SMILES string of the molecule is COc1ccc2c(c1)CC(C)(O)CC2. The number of benzene rings is 1. The summed E-state index contributed by atoms with van der Waals surface area (Å²) in [5, 5.41) is 9.94. The minimum Gasteiger partial charge on any atom is -0.497 e. The number of ether oxygens (including phenoxy) is 1. The van der Waals surface area contributed by atoms with Crippen LogP contribution in [0.2, 0.25) is 0 Å². The fraction of sp³-hybridized carbons (Fsp3) is 0.500. The van der Waals surface area contributed by atoms with Crippen molar-refractivity contribution in [3.63, 3.8) is 0 Å². The van der Waals surface area contributed by atoms with Crippen molar-refractivity contribution in [2.75, 3.05) is 7.11 Å². The predicted molar refractivity (Wildman–Crippen MR) is 55.6 cm³/mol. The Morgan fingerprint density at radius 3 is 2.86 bits per heavy atom. The van der Waals surface area contributed by atoms with E-state index in [9.17, 15) is 5.11 Å². The molecule has 2 rings (SSSR count). The van der Waals surface area contributed by atoms with Gasteiger partial charge in [0.15, 0.2) is 0 Å². The predicted octanol–water partition coefficient (Wildman–Crippen LogP) is 1.93. The van der Waals surface area contributed by atoms with Crippen LogP contribution in [-0.4, -0.2) is 17.8 Å². The highest BCUT2D eigenvalue weighted by molar-refractivity contribution is 5.38. The number of aryl methyl sites for hydroxylation is 1. The van der Waals surface area contributed by atoms with Crippen LogP contribution in [0.1, 0.15) is 24.5 Å². The first-order valence-electron chi connectivity index (χ1n) is 4.99. The Labute approximate surface area is 84.5 Å². The second-order valence-electron chi connectivity index (χ2n) is 4.31. The van der Waals surface area contributed by atoms with E-state index in [0.29, 0.717) is 0 Å². The topological polar surface area (TPSA) is 29.5 Å². The Bertz CT molecular complexity index is 342. The van der Waals surface area contributed by atoms with Crippen molar-refractivity contribution in [3.05, 3.63) is 29.3 Å². The highest BCUT2D eigenvalue weighted by Crippen LogP contribution is 2.30. The summed E-state index contributed by atoms with van der Waals surface area (Å²) in [6.07, 6.45) is 2.55. The normalized spacial score (nSPS) is 25.6. The minimum absolute atomic E-state index is 0.542. The van der Waals surface area contributed by atoms with Crippen LogP contribution >= 0.6 is 0 Å². The Morgan fingerprint density at radius 1 is 1.36 bits per heavy atom. The first-order valence-corrected chi connectivity index (χ1v) is 4.99. The van der Waals surface area contributed by atoms with Gasteiger partial charge in [0.25, 0.3) is 0 Å². The molecule has 0 bridgehead atoms. The summed E-state index contributed by atoms with van der Waals surface area (Å²) in [6.45, 7) is 1.90. The summed E-state index contributed by atoms with van der Waals surface area (Å²) in [6, 6.07) is 6.12. The quantitative estimate of drug-likeness (QED) is 0.736. The second kappa shape index (κ2) is 3.28. The third kappa shape index (κ3) is 1.75. The van der Waals surface area contributed by atoms with E-state index in [2.05, 4.69) is 6.07 Å². The second-order valence-corrected chi connectivity index (χ2v) is 4.31. The largest absolute Gasteiger partial charge is 0.497 e. The zero-order chi connectivity index (χ0) is 10.2. The highest BCUT2D eigenvalue weighted by atomic mass is 16.5. The van der Waals surface area contributed by atoms with Crippen molar-refractivity contribution >= 4 is 0 Å². The molecular weight excluding hydrogens is 176 g/mol. The molecule has 0 radical (unpaired) electrons. The average molecular weight is 192 g/mol. The average Bonchev–Trinajstić information content (AvgIpc) is 2.15. The van der Waals surface area contributed by atoms with Gasteiger partial charge in [-0.15, -0.1) is 0 Å². The molecule has 14 heavy (non-hydrogen) atoms. The standard InChI is InChI=1S/C12H16O2/c1-12(13)6-5-9-3-4-11(14-2)7-10(9)8-12/h3-4,7,13H,5-6,8H2,1-2H3. The molecule has 1 aromatic carbocycles. The maximum atomic E-state index is 9.94. The number of methoxy groups -OCH3 is 1. The van der Waals surface area contributed by atoms with Crippen LogP contribution in [0.25, 0.3) is 0 Å². The van der Waals surface area contributed by atoms with E-state index >= 15 is 0 Å². The molecular formula is C12H16O2. The van der Waals surface area contributed by atoms with Gasteiger partial charge in [-0.2, -0.15) is 0 Å². The molecule has 1 atom stereocenters. The zero-order valence-corrected chi connectivity index (χ0v) is 8.71. The lowest BCUT2D eigenvalue weighted by Gasteiger charge is -2.30. The molecule has 0 fully saturated rings. The van der Waals surface area contributed by atoms with Gasteiger partial charge in [-0.25, -0.2) is 0 Å². The van der Waals surface area contributed by atoms with E-state index in [1.54, 1.807) is 7.11 Å². The van der Waals surface area contributed by atoms with E-state index in [1.165, 1.54) is 11.1 Å². The van der Waals surface area contributed by atoms with Gasteiger partial charge in [0, 0.05) is 6.42 Å². The molecule has 0 aromatic heterocycles. The monoisotopic (exact) mass is 192 g/mol. The van der Waals surface area contributed by atoms with Gasteiger partial charge in [0.05, 0.1) is 12.7 Å². The van der Waals surface area contributed by atoms with Gasteiger partial charge in [0.2, 0.25) is 0 Å². The molecule has 0 saturated carbocycles. The molecule has 1 unspecified atom stereocenters. The van der Waals surface area contributed by atoms with E-state index in [1.807, 2.05) is 19.1 Å². The minimum atomic E-state index is -0.542. The van der Waals surface area contributed by atoms with E-state index in [0.717, 1.165) is 25.0 Å². The van der Waals surface area contributed by atoms with Crippen LogP contribution in [-0.2, 0) is 12.8 Å². The van der Waals surface area contributed by atoms with Crippen molar-refractivity contribution in [3.8, 4) is 5.75 Å². The van der Waals surface area contributed by atoms with Crippen LogP contribution in [0.15, 0.2) is 18.2 Å². The van der Waals surface area contributed by atoms with Gasteiger partial charge >= 0.3 is 0 Å². The Kier molecular flexibility index (Phi) is 2.23. The summed E-state index contributed by atoms with van der Waals surface area (Å²) in [5.41, 5.74) is 2.03. The Hall–Kier alpha value is -1.02. The maximum absolute atomic E-state index is 9.94. The number of hydrogen-bond donors (Lipinski definition) is 1. The molecule has 0 saturated heterocycles. The third-order valence-corrected chi connectivity index (χ3v) is 2.92. The molecule has 1 aromatic rings. The summed E-state index contributed by atoms with van der Waals surface area (Å²) in [4.78, 5) is 0. The number of fused-ring (bicyclic) bond motifs is 1. The lowest BCUT2D eigenvalue weighted by molar-refractivity contribution is 0.0458. The van der Waals surface area contributed by atoms with Gasteiger partial charge in [-0.1, -0.05) is 6.07 Å². The molecule has 2 heteroatoms. The van der Waals surface area contributed by atoms with Crippen LogP contribution in [0.5, 0.6) is 5.75 Å². The van der Waals surface area contributed by atoms with Crippen LogP contribution in [0.3, 0.4) is 0 Å². The smallest absolute Gasteiger partial charge is 0.119 e. The van der Waals surface area contributed by atoms with Crippen molar-refractivity contribution in [2.24, 2.45) is 0 Å². The first kappa shape index (κ1) is 9.53. The number of aliphatic hydroxyl groups is 1. The zero-order valence-electron chi connectivity index (χ0n) is 8.71. The highest BCUT2D eigenvalue weighted by Gasteiger charge is 2.27. The molecule has 0 heterocycles. The Balaban J connectivity index is 2.34. The molecule has 1 aliphatic carbocycles. The van der Waals surface area contributed by atoms with Gasteiger partial charge in [-0.05, 0) is 43.0 Å². The van der Waals surface area contributed by atoms with Gasteiger partial charge < -0.3 is 9.84 Å². The van der Waals surface area contributed by atoms with Crippen LogP contribution in [0, 0.1) is 0 Å². The fourth-order valence-electron chi connectivity index (χ4n) is 2.04. The van der Waals surface area contributed by atoms with Crippen LogP contribution in [0.4, 0.5) is 0 Å². The summed E-state index contributed by atoms with van der Waals surface area (Å²) in [7, 11) is 1.67. The van der Waals surface area contributed by atoms with Crippen molar-refractivity contribution in [1.82, 2.24) is 0 Å². The third-order valence-electron chi connectivity index (χ3n) is 2.92. The van der Waals surface area contributed by atoms with Gasteiger partial charge in [0.1, 0.15) is 5.75 Å². The van der Waals surface area contributed by atoms with E-state index < -0.39 is 5.60 Å². The lowest BCUT2D eigenvalue weighted by atomic mass is 9.82. The summed E-state index contributed by atoms with van der Waals surface area (Å²) >= 11 is 0. The molecule has 1 aliphatic rings. The van der Waals surface area contributed by atoms with Crippen molar-refractivity contribution in [2.45, 2.75) is 31.8 Å². The maximum Gasteiger partial charge on any atom is 0.119 e. The van der Waals surface area contributed by atoms with Gasteiger partial charge in [-0.3, -0.25) is 0 Å². The van der Waals surface area contributed by atoms with Crippen molar-refractivity contribution < 1.29 is 9.84 Å². The first-order chi connectivity index (χ1) is 6.61. The molecule has 0 amide bonds. The number of hydrogen-bond acceptors (Lipinski definition) is 2. The Morgan fingerprint density at radius 2 is 2.14 bits per heavy atom. The molecule has 1 N–H and O–H groups in total. The van der Waals surface area contributed by atoms with Crippen molar-refractivity contribution in [1.29, 1.82) is 0 Å². The molecule has 2 nitrogen and oxygen atoms in total. The fourth-order valence-corrected chi connectivity index (χ4v) is 2.04. The van der Waals surface area contributed by atoms with Crippen LogP contribution < -0.4 is 4.74 Å². The number of rotatable bonds is 1. The molecule has 0 aliphatic heterocycles. The lowest BCUT2D eigenvalue weighted by Crippen LogP contribution is -2.31. The molecule has 0 spiro atoms. The summed E-state index contributed by atoms with van der Waals surface area (Å²) < 4.78 is 5.17. The summed E-state index contributed by atoms with van der Waals surface area (Å²) in [5.74, 6) is 0.876.